The number of aromatic amines is 1. The zero-order valence-corrected chi connectivity index (χ0v) is 20.3. The molecule has 1 aliphatic heterocycles. The molecule has 9 heteroatoms. The minimum atomic E-state index is -3.97. The van der Waals surface area contributed by atoms with E-state index in [-0.39, 0.29) is 35.2 Å². The lowest BCUT2D eigenvalue weighted by molar-refractivity contribution is 0.0600. The molecule has 2 heterocycles. The number of hydrogen-bond acceptors (Lipinski definition) is 6. The van der Waals surface area contributed by atoms with Gasteiger partial charge in [-0.3, -0.25) is 4.79 Å². The molecule has 1 fully saturated rings. The highest BCUT2D eigenvalue weighted by molar-refractivity contribution is 7.89. The van der Waals surface area contributed by atoms with E-state index >= 15 is 0 Å². The Morgan fingerprint density at radius 3 is 2.56 bits per heavy atom. The summed E-state index contributed by atoms with van der Waals surface area (Å²) in [5.41, 5.74) is 3.08. The third-order valence-electron chi connectivity index (χ3n) is 6.32. The minimum Gasteiger partial charge on any atom is -0.465 e. The highest BCUT2D eigenvalue weighted by atomic mass is 32.2. The Bertz CT molecular complexity index is 1370. The fourth-order valence-corrected chi connectivity index (χ4v) is 5.62. The molecule has 1 aliphatic rings. The molecule has 0 radical (unpaired) electrons. The molecule has 34 heavy (non-hydrogen) atoms. The SMILES string of the molecule is COC(=O)c1ccc(S(=O)(=O)N(Cc2cc3ccc(C)c(C)c3[nH]c2=O)CC2CCCO2)cc1. The van der Waals surface area contributed by atoms with Crippen molar-refractivity contribution in [2.24, 2.45) is 0 Å². The van der Waals surface area contributed by atoms with Crippen LogP contribution in [0.2, 0.25) is 0 Å². The van der Waals surface area contributed by atoms with Crippen LogP contribution in [0.15, 0.2) is 52.2 Å². The molecule has 1 N–H and O–H groups in total. The molecule has 0 amide bonds. The normalized spacial score (nSPS) is 16.3. The number of H-pyrrole nitrogens is 1. The number of fused-ring (bicyclic) bond motifs is 1. The standard InChI is InChI=1S/C25H28N2O6S/c1-16-6-7-19-13-20(24(28)26-23(19)17(16)2)14-27(15-21-5-4-12-33-21)34(30,31)22-10-8-18(9-11-22)25(29)32-3/h6-11,13,21H,4-5,12,14-15H2,1-3H3,(H,26,28). The first-order valence-corrected chi connectivity index (χ1v) is 12.6. The molecule has 0 bridgehead atoms. The number of aryl methyl sites for hydroxylation is 2. The first kappa shape index (κ1) is 24.1. The van der Waals surface area contributed by atoms with Gasteiger partial charge in [0.2, 0.25) is 10.0 Å². The molecule has 0 spiro atoms. The molecule has 1 aromatic heterocycles. The van der Waals surface area contributed by atoms with E-state index in [4.69, 9.17) is 4.74 Å². The summed E-state index contributed by atoms with van der Waals surface area (Å²) >= 11 is 0. The van der Waals surface area contributed by atoms with Crippen molar-refractivity contribution < 1.29 is 22.7 Å². The molecular formula is C25H28N2O6S. The second kappa shape index (κ2) is 9.69. The van der Waals surface area contributed by atoms with Gasteiger partial charge in [-0.15, -0.1) is 0 Å². The Balaban J connectivity index is 1.71. The molecule has 1 unspecified atom stereocenters. The van der Waals surface area contributed by atoms with Gasteiger partial charge in [-0.05, 0) is 73.5 Å². The quantitative estimate of drug-likeness (QED) is 0.516. The average Bonchev–Trinajstić information content (AvgIpc) is 3.35. The summed E-state index contributed by atoms with van der Waals surface area (Å²) in [4.78, 5) is 27.6. The third kappa shape index (κ3) is 4.77. The Morgan fingerprint density at radius 2 is 1.91 bits per heavy atom. The van der Waals surface area contributed by atoms with Gasteiger partial charge < -0.3 is 14.5 Å². The summed E-state index contributed by atoms with van der Waals surface area (Å²) in [6, 6.07) is 11.2. The number of aromatic nitrogens is 1. The number of sulfonamides is 1. The lowest BCUT2D eigenvalue weighted by Crippen LogP contribution is -2.38. The molecule has 2 aromatic carbocycles. The van der Waals surface area contributed by atoms with Crippen LogP contribution in [0.1, 0.15) is 39.9 Å². The number of pyridine rings is 1. The fraction of sp³-hybridized carbons (Fsp3) is 0.360. The van der Waals surface area contributed by atoms with Gasteiger partial charge in [-0.25, -0.2) is 13.2 Å². The summed E-state index contributed by atoms with van der Waals surface area (Å²) < 4.78 is 38.8. The van der Waals surface area contributed by atoms with Gasteiger partial charge >= 0.3 is 5.97 Å². The van der Waals surface area contributed by atoms with Crippen molar-refractivity contribution in [3.63, 3.8) is 0 Å². The Labute approximate surface area is 198 Å². The molecule has 0 saturated carbocycles. The van der Waals surface area contributed by atoms with E-state index < -0.39 is 16.0 Å². The van der Waals surface area contributed by atoms with E-state index in [0.29, 0.717) is 12.2 Å². The number of ether oxygens (including phenoxy) is 2. The first-order valence-electron chi connectivity index (χ1n) is 11.1. The summed E-state index contributed by atoms with van der Waals surface area (Å²) in [7, 11) is -2.71. The van der Waals surface area contributed by atoms with Gasteiger partial charge in [-0.1, -0.05) is 12.1 Å². The highest BCUT2D eigenvalue weighted by Gasteiger charge is 2.30. The highest BCUT2D eigenvalue weighted by Crippen LogP contribution is 2.24. The van der Waals surface area contributed by atoms with Crippen LogP contribution in [0.5, 0.6) is 0 Å². The van der Waals surface area contributed by atoms with Crippen LogP contribution in [-0.2, 0) is 26.0 Å². The second-order valence-corrected chi connectivity index (χ2v) is 10.5. The van der Waals surface area contributed by atoms with Crippen molar-refractivity contribution in [1.82, 2.24) is 9.29 Å². The number of benzene rings is 2. The van der Waals surface area contributed by atoms with Crippen LogP contribution in [0.3, 0.4) is 0 Å². The van der Waals surface area contributed by atoms with E-state index in [1.807, 2.05) is 26.0 Å². The van der Waals surface area contributed by atoms with Crippen LogP contribution >= 0.6 is 0 Å². The van der Waals surface area contributed by atoms with Crippen LogP contribution in [-0.4, -0.2) is 50.0 Å². The number of nitrogens with one attached hydrogen (secondary N) is 1. The summed E-state index contributed by atoms with van der Waals surface area (Å²) in [6.07, 6.45) is 1.37. The minimum absolute atomic E-state index is 0.0295. The van der Waals surface area contributed by atoms with E-state index in [9.17, 15) is 18.0 Å². The van der Waals surface area contributed by atoms with Crippen LogP contribution < -0.4 is 5.56 Å². The lowest BCUT2D eigenvalue weighted by atomic mass is 10.0. The zero-order chi connectivity index (χ0) is 24.5. The Kier molecular flexibility index (Phi) is 6.88. The smallest absolute Gasteiger partial charge is 0.337 e. The predicted octanol–water partition coefficient (Wildman–Crippen LogP) is 3.30. The van der Waals surface area contributed by atoms with Gasteiger partial charge in [0.15, 0.2) is 0 Å². The van der Waals surface area contributed by atoms with Gasteiger partial charge in [-0.2, -0.15) is 4.31 Å². The third-order valence-corrected chi connectivity index (χ3v) is 8.15. The van der Waals surface area contributed by atoms with Crippen LogP contribution in [0.25, 0.3) is 10.9 Å². The van der Waals surface area contributed by atoms with Gasteiger partial charge in [0.25, 0.3) is 5.56 Å². The summed E-state index contributed by atoms with van der Waals surface area (Å²) in [5, 5.41) is 0.842. The summed E-state index contributed by atoms with van der Waals surface area (Å²) in [6.45, 7) is 4.54. The van der Waals surface area contributed by atoms with Crippen LogP contribution in [0, 0.1) is 13.8 Å². The molecule has 1 saturated heterocycles. The maximum atomic E-state index is 13.6. The number of nitrogens with zero attached hydrogens (tertiary/aromatic N) is 1. The molecule has 0 aliphatic carbocycles. The largest absolute Gasteiger partial charge is 0.465 e. The molecule has 180 valence electrons. The average molecular weight is 485 g/mol. The Morgan fingerprint density at radius 1 is 1.18 bits per heavy atom. The number of rotatable bonds is 7. The van der Waals surface area contributed by atoms with Gasteiger partial charge in [0, 0.05) is 25.3 Å². The molecule has 1 atom stereocenters. The second-order valence-electron chi connectivity index (χ2n) is 8.54. The topological polar surface area (TPSA) is 106 Å². The van der Waals surface area contributed by atoms with E-state index in [2.05, 4.69) is 9.72 Å². The van der Waals surface area contributed by atoms with Gasteiger partial charge in [0.1, 0.15) is 0 Å². The van der Waals surface area contributed by atoms with Crippen molar-refractivity contribution in [1.29, 1.82) is 0 Å². The zero-order valence-electron chi connectivity index (χ0n) is 19.5. The number of hydrogen-bond donors (Lipinski definition) is 1. The molecule has 8 nitrogen and oxygen atoms in total. The molecule has 4 rings (SSSR count). The van der Waals surface area contributed by atoms with Crippen molar-refractivity contribution in [3.8, 4) is 0 Å². The molecular weight excluding hydrogens is 456 g/mol. The predicted molar refractivity (Wildman–Crippen MR) is 128 cm³/mol. The van der Waals surface area contributed by atoms with Gasteiger partial charge in [0.05, 0.1) is 29.2 Å². The van der Waals surface area contributed by atoms with E-state index in [0.717, 1.165) is 34.9 Å². The van der Waals surface area contributed by atoms with Crippen LogP contribution in [0.4, 0.5) is 0 Å². The van der Waals surface area contributed by atoms with Crippen molar-refractivity contribution >= 4 is 26.9 Å². The van der Waals surface area contributed by atoms with Crippen molar-refractivity contribution in [2.45, 2.75) is 44.2 Å². The van der Waals surface area contributed by atoms with Crippen molar-refractivity contribution in [3.05, 3.63) is 75.1 Å². The van der Waals surface area contributed by atoms with E-state index in [1.165, 1.54) is 35.7 Å². The number of carbonyl (C=O) groups excluding carboxylic acids is 1. The van der Waals surface area contributed by atoms with Crippen molar-refractivity contribution in [2.75, 3.05) is 20.3 Å². The molecule has 3 aromatic rings. The fourth-order valence-electron chi connectivity index (χ4n) is 4.17. The maximum Gasteiger partial charge on any atom is 0.337 e. The monoisotopic (exact) mass is 484 g/mol. The lowest BCUT2D eigenvalue weighted by Gasteiger charge is -2.25. The first-order chi connectivity index (χ1) is 16.2. The Hall–Kier alpha value is -3.01. The van der Waals surface area contributed by atoms with E-state index in [1.54, 1.807) is 6.07 Å². The number of carbonyl (C=O) groups is 1. The maximum absolute atomic E-state index is 13.6. The summed E-state index contributed by atoms with van der Waals surface area (Å²) in [5.74, 6) is -0.548. The number of esters is 1. The number of methoxy groups -OCH3 is 1.